The van der Waals surface area contributed by atoms with E-state index in [1.807, 2.05) is 0 Å². The van der Waals surface area contributed by atoms with Crippen LogP contribution in [0.1, 0.15) is 66.2 Å². The Kier molecular flexibility index (Phi) is 6.51. The van der Waals surface area contributed by atoms with Gasteiger partial charge in [-0.25, -0.2) is 0 Å². The van der Waals surface area contributed by atoms with Gasteiger partial charge in [0.05, 0.1) is 0 Å². The van der Waals surface area contributed by atoms with Gasteiger partial charge in [-0.05, 0) is 40.5 Å². The van der Waals surface area contributed by atoms with Gasteiger partial charge in [0.25, 0.3) is 0 Å². The Balaban J connectivity index is 2.25. The second-order valence-electron chi connectivity index (χ2n) is 6.66. The van der Waals surface area contributed by atoms with E-state index in [0.29, 0.717) is 18.1 Å². The highest BCUT2D eigenvalue weighted by atomic mass is 127. The number of nitrogens with zero attached hydrogens (tertiary/aromatic N) is 2. The molecule has 0 N–H and O–H groups in total. The van der Waals surface area contributed by atoms with Crippen LogP contribution in [0, 0.1) is 0 Å². The van der Waals surface area contributed by atoms with Crippen molar-refractivity contribution in [2.45, 2.75) is 93.5 Å². The molecule has 20 heavy (non-hydrogen) atoms. The van der Waals surface area contributed by atoms with Crippen LogP contribution in [0.15, 0.2) is 4.99 Å². The Morgan fingerprint density at radius 2 is 1.75 bits per heavy atom. The summed E-state index contributed by atoms with van der Waals surface area (Å²) >= 11 is 4.78. The van der Waals surface area contributed by atoms with Crippen molar-refractivity contribution < 1.29 is 0 Å². The minimum absolute atomic E-state index is 0.402. The van der Waals surface area contributed by atoms with Crippen LogP contribution in [0.3, 0.4) is 0 Å². The Bertz CT molecular complexity index is 343. The van der Waals surface area contributed by atoms with E-state index < -0.39 is 0 Å². The summed E-state index contributed by atoms with van der Waals surface area (Å²) in [7, 11) is 0. The first-order valence-corrected chi connectivity index (χ1v) is 10.3. The van der Waals surface area contributed by atoms with Gasteiger partial charge in [0.15, 0.2) is 5.17 Å². The molecular formula is C16H29IN2S. The lowest BCUT2D eigenvalue weighted by molar-refractivity contribution is 0.253. The van der Waals surface area contributed by atoms with E-state index in [1.54, 1.807) is 0 Å². The second-order valence-corrected chi connectivity index (χ2v) is 9.41. The van der Waals surface area contributed by atoms with Gasteiger partial charge in [-0.2, -0.15) is 0 Å². The van der Waals surface area contributed by atoms with Gasteiger partial charge in [-0.15, -0.1) is 0 Å². The van der Waals surface area contributed by atoms with Gasteiger partial charge in [0.2, 0.25) is 0 Å². The van der Waals surface area contributed by atoms with Crippen molar-refractivity contribution in [1.29, 1.82) is 0 Å². The first-order chi connectivity index (χ1) is 9.50. The molecule has 2 fully saturated rings. The highest BCUT2D eigenvalue weighted by molar-refractivity contribution is 14.1. The lowest BCUT2D eigenvalue weighted by Crippen LogP contribution is -2.43. The summed E-state index contributed by atoms with van der Waals surface area (Å²) in [4.78, 5) is 7.56. The SMILES string of the molecule is CC(C)/N=C1\SC2C(I)CCCCCCC2N1C(C)C. The summed E-state index contributed by atoms with van der Waals surface area (Å²) in [6.07, 6.45) is 8.39. The Labute approximate surface area is 142 Å². The van der Waals surface area contributed by atoms with E-state index in [1.165, 1.54) is 43.7 Å². The third kappa shape index (κ3) is 4.05. The maximum absolute atomic E-state index is 4.92. The van der Waals surface area contributed by atoms with Crippen molar-refractivity contribution in [3.63, 3.8) is 0 Å². The van der Waals surface area contributed by atoms with Crippen molar-refractivity contribution in [1.82, 2.24) is 4.90 Å². The molecule has 0 radical (unpaired) electrons. The summed E-state index contributed by atoms with van der Waals surface area (Å²) in [6.45, 7) is 9.04. The number of rotatable bonds is 2. The molecule has 4 heteroatoms. The number of amidine groups is 1. The third-order valence-corrected chi connectivity index (χ3v) is 7.54. The van der Waals surface area contributed by atoms with E-state index in [0.717, 1.165) is 9.17 Å². The maximum atomic E-state index is 4.92. The van der Waals surface area contributed by atoms with E-state index in [4.69, 9.17) is 4.99 Å². The average molecular weight is 408 g/mol. The molecule has 1 aliphatic heterocycles. The number of thioether (sulfide) groups is 1. The molecule has 1 saturated carbocycles. The number of fused-ring (bicyclic) bond motifs is 1. The average Bonchev–Trinajstić information content (AvgIpc) is 2.72. The highest BCUT2D eigenvalue weighted by Gasteiger charge is 2.43. The van der Waals surface area contributed by atoms with Crippen molar-refractivity contribution in [2.24, 2.45) is 4.99 Å². The van der Waals surface area contributed by atoms with Gasteiger partial charge in [0, 0.05) is 27.3 Å². The summed E-state index contributed by atoms with van der Waals surface area (Å²) in [5.41, 5.74) is 0. The number of hydrogen-bond donors (Lipinski definition) is 0. The maximum Gasteiger partial charge on any atom is 0.160 e. The summed E-state index contributed by atoms with van der Waals surface area (Å²) in [6, 6.07) is 1.68. The largest absolute Gasteiger partial charge is 0.345 e. The Morgan fingerprint density at radius 3 is 2.35 bits per heavy atom. The Hall–Kier alpha value is 0.550. The molecule has 0 bridgehead atoms. The summed E-state index contributed by atoms with van der Waals surface area (Å²) in [5, 5.41) is 2.06. The molecule has 2 aliphatic rings. The van der Waals surface area contributed by atoms with Gasteiger partial charge in [-0.1, -0.05) is 60.0 Å². The fraction of sp³-hybridized carbons (Fsp3) is 0.938. The van der Waals surface area contributed by atoms with Crippen LogP contribution >= 0.6 is 34.4 Å². The molecule has 2 nitrogen and oxygen atoms in total. The highest BCUT2D eigenvalue weighted by Crippen LogP contribution is 2.42. The minimum atomic E-state index is 0.402. The standard InChI is InChI=1S/C16H29IN2S/c1-11(2)18-16-19(12(3)4)14-10-8-6-5-7-9-13(17)15(14)20-16/h11-15H,5-10H2,1-4H3/b18-16-. The molecule has 0 aromatic rings. The summed E-state index contributed by atoms with van der Waals surface area (Å²) < 4.78 is 0.793. The second kappa shape index (κ2) is 7.70. The third-order valence-electron chi connectivity index (χ3n) is 4.21. The topological polar surface area (TPSA) is 15.6 Å². The fourth-order valence-corrected chi connectivity index (χ4v) is 6.36. The molecule has 116 valence electrons. The first-order valence-electron chi connectivity index (χ1n) is 8.17. The van der Waals surface area contributed by atoms with Gasteiger partial charge >= 0.3 is 0 Å². The molecule has 0 spiro atoms. The summed E-state index contributed by atoms with van der Waals surface area (Å²) in [5.74, 6) is 0. The van der Waals surface area contributed by atoms with E-state index in [9.17, 15) is 0 Å². The molecule has 0 aromatic heterocycles. The minimum Gasteiger partial charge on any atom is -0.345 e. The van der Waals surface area contributed by atoms with E-state index in [-0.39, 0.29) is 0 Å². The zero-order valence-electron chi connectivity index (χ0n) is 13.3. The molecule has 3 atom stereocenters. The van der Waals surface area contributed by atoms with E-state index >= 15 is 0 Å². The van der Waals surface area contributed by atoms with Crippen LogP contribution < -0.4 is 0 Å². The lowest BCUT2D eigenvalue weighted by atomic mass is 10.0. The van der Waals surface area contributed by atoms with Gasteiger partial charge in [-0.3, -0.25) is 4.99 Å². The van der Waals surface area contributed by atoms with Crippen LogP contribution in [-0.2, 0) is 0 Å². The lowest BCUT2D eigenvalue weighted by Gasteiger charge is -2.33. The quantitative estimate of drug-likeness (QED) is 0.467. The molecule has 2 rings (SSSR count). The van der Waals surface area contributed by atoms with Crippen molar-refractivity contribution in [3.8, 4) is 0 Å². The smallest absolute Gasteiger partial charge is 0.160 e. The van der Waals surface area contributed by atoms with Crippen LogP contribution in [0.4, 0.5) is 0 Å². The number of hydrogen-bond acceptors (Lipinski definition) is 2. The molecule has 1 heterocycles. The van der Waals surface area contributed by atoms with Crippen molar-refractivity contribution in [2.75, 3.05) is 0 Å². The van der Waals surface area contributed by atoms with Crippen molar-refractivity contribution >= 4 is 39.5 Å². The van der Waals surface area contributed by atoms with Gasteiger partial charge in [0.1, 0.15) is 0 Å². The number of aliphatic imine (C=N–C) groups is 1. The normalized spacial score (nSPS) is 34.2. The monoisotopic (exact) mass is 408 g/mol. The molecule has 0 amide bonds. The number of alkyl halides is 1. The molecule has 3 unspecified atom stereocenters. The molecule has 1 saturated heterocycles. The predicted molar refractivity (Wildman–Crippen MR) is 100 cm³/mol. The first kappa shape index (κ1) is 16.9. The van der Waals surface area contributed by atoms with Crippen LogP contribution in [0.5, 0.6) is 0 Å². The zero-order valence-corrected chi connectivity index (χ0v) is 16.3. The van der Waals surface area contributed by atoms with Crippen molar-refractivity contribution in [3.05, 3.63) is 0 Å². The van der Waals surface area contributed by atoms with Crippen LogP contribution in [0.2, 0.25) is 0 Å². The fourth-order valence-electron chi connectivity index (χ4n) is 3.31. The van der Waals surface area contributed by atoms with Gasteiger partial charge < -0.3 is 4.90 Å². The zero-order chi connectivity index (χ0) is 14.7. The molecule has 1 aliphatic carbocycles. The van der Waals surface area contributed by atoms with Crippen LogP contribution in [-0.4, -0.2) is 37.4 Å². The molecular weight excluding hydrogens is 379 g/mol. The molecule has 0 aromatic carbocycles. The number of halogens is 1. The predicted octanol–water partition coefficient (Wildman–Crippen LogP) is 5.10. The Morgan fingerprint density at radius 1 is 1.10 bits per heavy atom. The van der Waals surface area contributed by atoms with Crippen LogP contribution in [0.25, 0.3) is 0 Å². The van der Waals surface area contributed by atoms with E-state index in [2.05, 4.69) is 66.9 Å².